The molecule has 1 aromatic heterocycles. The zero-order valence-electron chi connectivity index (χ0n) is 21.1. The molecule has 5 heteroatoms. The summed E-state index contributed by atoms with van der Waals surface area (Å²) in [6.07, 6.45) is 6.68. The predicted octanol–water partition coefficient (Wildman–Crippen LogP) is 7.10. The van der Waals surface area contributed by atoms with Crippen molar-refractivity contribution in [3.05, 3.63) is 84.4 Å². The fraction of sp³-hybridized carbons (Fsp3) is 0.258. The van der Waals surface area contributed by atoms with E-state index in [1.807, 2.05) is 20.0 Å². The Bertz CT molecular complexity index is 1280. The van der Waals surface area contributed by atoms with Crippen LogP contribution in [0.2, 0.25) is 0 Å². The first-order chi connectivity index (χ1) is 17.7. The first-order valence-corrected chi connectivity index (χ1v) is 12.8. The lowest BCUT2D eigenvalue weighted by Gasteiger charge is -2.17. The van der Waals surface area contributed by atoms with Gasteiger partial charge in [0.25, 0.3) is 0 Å². The Labute approximate surface area is 213 Å². The summed E-state index contributed by atoms with van der Waals surface area (Å²) < 4.78 is 5.39. The van der Waals surface area contributed by atoms with Crippen molar-refractivity contribution in [2.75, 3.05) is 43.6 Å². The Balaban J connectivity index is 1.47. The molecular weight excluding hydrogens is 444 g/mol. The maximum absolute atomic E-state index is 5.39. The highest BCUT2D eigenvalue weighted by atomic mass is 16.5. The number of aromatic amines is 1. The molecule has 4 aromatic rings. The minimum Gasteiger partial charge on any atom is -0.388 e. The zero-order valence-corrected chi connectivity index (χ0v) is 21.1. The monoisotopic (exact) mass is 478 g/mol. The highest BCUT2D eigenvalue weighted by Crippen LogP contribution is 2.35. The molecule has 0 bridgehead atoms. The minimum absolute atomic E-state index is 0.631. The number of hydrogen-bond donors (Lipinski definition) is 2. The Morgan fingerprint density at radius 1 is 0.889 bits per heavy atom. The number of anilines is 2. The van der Waals surface area contributed by atoms with Crippen molar-refractivity contribution in [2.45, 2.75) is 19.8 Å². The highest BCUT2D eigenvalue weighted by molar-refractivity contribution is 5.82. The number of hydrogen-bond acceptors (Lipinski definition) is 4. The van der Waals surface area contributed by atoms with E-state index in [4.69, 9.17) is 9.72 Å². The third-order valence-corrected chi connectivity index (χ3v) is 6.69. The smallest absolute Gasteiger partial charge is 0.138 e. The van der Waals surface area contributed by atoms with E-state index in [0.717, 1.165) is 64.8 Å². The second-order valence-electron chi connectivity index (χ2n) is 9.06. The molecule has 3 aromatic carbocycles. The van der Waals surface area contributed by atoms with E-state index in [0.29, 0.717) is 6.61 Å². The van der Waals surface area contributed by atoms with Crippen LogP contribution in [0.15, 0.2) is 78.9 Å². The molecule has 1 aliphatic rings. The molecule has 2 heterocycles. The standard InChI is InChI=1S/C31H34N4O/c1-3-36-22-6-7-23-8-10-26(11-9-23)31-33-29(24-12-16-27(32-2)17-13-24)30(34-31)25-14-18-28(19-15-25)35-20-4-5-21-35/h6-19,32H,3-5,20-22H2,1-2H3,(H,33,34). The molecule has 0 saturated carbocycles. The van der Waals surface area contributed by atoms with Crippen LogP contribution in [0.3, 0.4) is 0 Å². The Hall–Kier alpha value is -3.83. The van der Waals surface area contributed by atoms with E-state index >= 15 is 0 Å². The van der Waals surface area contributed by atoms with Gasteiger partial charge in [-0.3, -0.25) is 0 Å². The van der Waals surface area contributed by atoms with Crippen molar-refractivity contribution in [1.82, 2.24) is 9.97 Å². The molecule has 5 rings (SSSR count). The third-order valence-electron chi connectivity index (χ3n) is 6.69. The molecule has 1 aliphatic heterocycles. The van der Waals surface area contributed by atoms with Crippen molar-refractivity contribution in [3.63, 3.8) is 0 Å². The van der Waals surface area contributed by atoms with Crippen LogP contribution in [0.1, 0.15) is 25.3 Å². The molecule has 2 N–H and O–H groups in total. The second kappa shape index (κ2) is 11.3. The van der Waals surface area contributed by atoms with Gasteiger partial charge in [-0.1, -0.05) is 60.7 Å². The number of aromatic nitrogens is 2. The molecule has 0 radical (unpaired) electrons. The summed E-state index contributed by atoms with van der Waals surface area (Å²) >= 11 is 0. The summed E-state index contributed by atoms with van der Waals surface area (Å²) in [6, 6.07) is 25.8. The maximum atomic E-state index is 5.39. The SMILES string of the molecule is CCOCC=Cc1ccc(-c2nc(-c3ccc(N4CCCC4)cc3)c(-c3ccc(NC)cc3)[nH]2)cc1. The minimum atomic E-state index is 0.631. The summed E-state index contributed by atoms with van der Waals surface area (Å²) in [5, 5.41) is 3.20. The summed E-state index contributed by atoms with van der Waals surface area (Å²) in [5.74, 6) is 0.867. The number of ether oxygens (including phenoxy) is 1. The number of benzene rings is 3. The average Bonchev–Trinajstić information content (AvgIpc) is 3.63. The summed E-state index contributed by atoms with van der Waals surface area (Å²) in [4.78, 5) is 11.2. The van der Waals surface area contributed by atoms with E-state index in [9.17, 15) is 0 Å². The van der Waals surface area contributed by atoms with E-state index in [-0.39, 0.29) is 0 Å². The van der Waals surface area contributed by atoms with Gasteiger partial charge in [0.05, 0.1) is 18.0 Å². The Morgan fingerprint density at radius 2 is 1.56 bits per heavy atom. The largest absolute Gasteiger partial charge is 0.388 e. The Kier molecular flexibility index (Phi) is 7.48. The quantitative estimate of drug-likeness (QED) is 0.252. The summed E-state index contributed by atoms with van der Waals surface area (Å²) in [6.45, 7) is 5.65. The summed E-state index contributed by atoms with van der Waals surface area (Å²) in [5.41, 5.74) is 8.81. The fourth-order valence-electron chi connectivity index (χ4n) is 4.66. The average molecular weight is 479 g/mol. The van der Waals surface area contributed by atoms with Crippen molar-refractivity contribution >= 4 is 17.5 Å². The fourth-order valence-corrected chi connectivity index (χ4v) is 4.66. The first-order valence-electron chi connectivity index (χ1n) is 12.8. The van der Waals surface area contributed by atoms with Gasteiger partial charge in [0.1, 0.15) is 5.82 Å². The van der Waals surface area contributed by atoms with Gasteiger partial charge in [-0.05, 0) is 49.6 Å². The molecule has 0 aliphatic carbocycles. The number of nitrogens with zero attached hydrogens (tertiary/aromatic N) is 2. The molecular formula is C31H34N4O. The molecule has 5 nitrogen and oxygen atoms in total. The molecule has 36 heavy (non-hydrogen) atoms. The van der Waals surface area contributed by atoms with Gasteiger partial charge in [0, 0.05) is 54.8 Å². The molecule has 0 unspecified atom stereocenters. The van der Waals surface area contributed by atoms with Crippen LogP contribution in [0.4, 0.5) is 11.4 Å². The van der Waals surface area contributed by atoms with Gasteiger partial charge in [-0.15, -0.1) is 0 Å². The van der Waals surface area contributed by atoms with Gasteiger partial charge in [0.15, 0.2) is 0 Å². The Morgan fingerprint density at radius 3 is 2.22 bits per heavy atom. The lowest BCUT2D eigenvalue weighted by Crippen LogP contribution is -2.17. The van der Waals surface area contributed by atoms with E-state index in [1.54, 1.807) is 0 Å². The van der Waals surface area contributed by atoms with Crippen molar-refractivity contribution in [1.29, 1.82) is 0 Å². The number of nitrogens with one attached hydrogen (secondary N) is 2. The van der Waals surface area contributed by atoms with E-state index in [2.05, 4.69) is 94.1 Å². The van der Waals surface area contributed by atoms with E-state index in [1.165, 1.54) is 18.5 Å². The molecule has 0 atom stereocenters. The predicted molar refractivity (Wildman–Crippen MR) is 151 cm³/mol. The summed E-state index contributed by atoms with van der Waals surface area (Å²) in [7, 11) is 1.94. The van der Waals surface area contributed by atoms with Gasteiger partial charge < -0.3 is 19.9 Å². The number of rotatable bonds is 9. The van der Waals surface area contributed by atoms with Crippen LogP contribution >= 0.6 is 0 Å². The van der Waals surface area contributed by atoms with Gasteiger partial charge in [-0.25, -0.2) is 4.98 Å². The molecule has 1 fully saturated rings. The topological polar surface area (TPSA) is 53.2 Å². The van der Waals surface area contributed by atoms with E-state index < -0.39 is 0 Å². The second-order valence-corrected chi connectivity index (χ2v) is 9.06. The maximum Gasteiger partial charge on any atom is 0.138 e. The van der Waals surface area contributed by atoms with Crippen molar-refractivity contribution in [3.8, 4) is 33.9 Å². The molecule has 1 saturated heterocycles. The van der Waals surface area contributed by atoms with Crippen LogP contribution in [-0.4, -0.2) is 43.3 Å². The molecule has 184 valence electrons. The van der Waals surface area contributed by atoms with Crippen molar-refractivity contribution < 1.29 is 4.74 Å². The number of H-pyrrole nitrogens is 1. The van der Waals surface area contributed by atoms with Crippen LogP contribution in [0, 0.1) is 0 Å². The number of imidazole rings is 1. The van der Waals surface area contributed by atoms with Crippen LogP contribution in [0.25, 0.3) is 40.0 Å². The third kappa shape index (κ3) is 5.37. The highest BCUT2D eigenvalue weighted by Gasteiger charge is 2.17. The lowest BCUT2D eigenvalue weighted by atomic mass is 10.0. The van der Waals surface area contributed by atoms with Gasteiger partial charge >= 0.3 is 0 Å². The normalized spacial score (nSPS) is 13.6. The van der Waals surface area contributed by atoms with Gasteiger partial charge in [-0.2, -0.15) is 0 Å². The van der Waals surface area contributed by atoms with Crippen molar-refractivity contribution in [2.24, 2.45) is 0 Å². The first kappa shape index (κ1) is 23.9. The molecule has 0 amide bonds. The zero-order chi connectivity index (χ0) is 24.7. The van der Waals surface area contributed by atoms with Crippen LogP contribution in [-0.2, 0) is 4.74 Å². The van der Waals surface area contributed by atoms with Crippen LogP contribution in [0.5, 0.6) is 0 Å². The lowest BCUT2D eigenvalue weighted by molar-refractivity contribution is 0.178. The van der Waals surface area contributed by atoms with Crippen LogP contribution < -0.4 is 10.2 Å². The van der Waals surface area contributed by atoms with Gasteiger partial charge in [0.2, 0.25) is 0 Å². The molecule has 0 spiro atoms.